The highest BCUT2D eigenvalue weighted by Crippen LogP contribution is 2.18. The van der Waals surface area contributed by atoms with Crippen LogP contribution in [0, 0.1) is 11.8 Å². The van der Waals surface area contributed by atoms with Crippen LogP contribution in [0.3, 0.4) is 0 Å². The number of fused-ring (bicyclic) bond motifs is 2. The van der Waals surface area contributed by atoms with Gasteiger partial charge < -0.3 is 15.4 Å². The summed E-state index contributed by atoms with van der Waals surface area (Å²) in [4.78, 5) is 57.1. The van der Waals surface area contributed by atoms with E-state index in [9.17, 15) is 19.2 Å². The van der Waals surface area contributed by atoms with Crippen LogP contribution in [0.25, 0.3) is 0 Å². The molecular formula is C31H45N5O5. The first-order valence-corrected chi connectivity index (χ1v) is 14.1. The Morgan fingerprint density at radius 2 is 1.83 bits per heavy atom. The van der Waals surface area contributed by atoms with Gasteiger partial charge in [0, 0.05) is 6.54 Å². The summed E-state index contributed by atoms with van der Waals surface area (Å²) in [6.07, 6.45) is 9.09. The Kier molecular flexibility index (Phi) is 12.5. The fraction of sp³-hybridized carbons (Fsp3) is 0.516. The molecule has 3 N–H and O–H groups in total. The molecule has 1 fully saturated rings. The second-order valence-electron chi connectivity index (χ2n) is 10.8. The normalized spacial score (nSPS) is 30.7. The van der Waals surface area contributed by atoms with Crippen LogP contribution in [0.1, 0.15) is 61.3 Å². The molecular weight excluding hydrogens is 522 g/mol. The molecule has 0 spiro atoms. The molecule has 1 saturated heterocycles. The van der Waals surface area contributed by atoms with Gasteiger partial charge in [-0.05, 0) is 69.8 Å². The largest absolute Gasteiger partial charge is 0.455 e. The molecule has 10 heteroatoms. The minimum Gasteiger partial charge on any atom is -0.455 e. The maximum Gasteiger partial charge on any atom is 0.325 e. The Balaban J connectivity index is 2.53. The number of allylic oxidation sites excluding steroid dienone is 5. The fourth-order valence-corrected chi connectivity index (χ4v) is 4.27. The first kappa shape index (κ1) is 33.4. The van der Waals surface area contributed by atoms with Gasteiger partial charge in [-0.1, -0.05) is 52.2 Å². The number of carbonyl (C=O) groups excluding carboxylic acids is 4. The first-order valence-electron chi connectivity index (χ1n) is 14.1. The number of cyclic esters (lactones) is 1. The van der Waals surface area contributed by atoms with E-state index < -0.39 is 47.9 Å². The zero-order valence-corrected chi connectivity index (χ0v) is 25.3. The third-order valence-electron chi connectivity index (χ3n) is 6.95. The Bertz CT molecular complexity index is 1170. The number of nitrogens with zero attached hydrogens (tertiary/aromatic N) is 2. The van der Waals surface area contributed by atoms with Crippen LogP contribution >= 0.6 is 0 Å². The van der Waals surface area contributed by atoms with Crippen LogP contribution in [-0.4, -0.2) is 65.2 Å². The summed E-state index contributed by atoms with van der Waals surface area (Å²) in [6, 6.07) is -2.49. The van der Waals surface area contributed by atoms with Gasteiger partial charge in [0.05, 0.1) is 17.3 Å². The Morgan fingerprint density at radius 3 is 2.41 bits per heavy atom. The maximum absolute atomic E-state index is 13.2. The van der Waals surface area contributed by atoms with Crippen molar-refractivity contribution in [1.29, 1.82) is 0 Å². The quantitative estimate of drug-likeness (QED) is 0.449. The van der Waals surface area contributed by atoms with E-state index in [0.29, 0.717) is 36.4 Å². The third kappa shape index (κ3) is 9.38. The minimum absolute atomic E-state index is 0.225. The van der Waals surface area contributed by atoms with Gasteiger partial charge in [-0.25, -0.2) is 10.4 Å². The molecule has 2 aliphatic rings. The van der Waals surface area contributed by atoms with Crippen molar-refractivity contribution in [1.82, 2.24) is 21.1 Å². The number of amides is 3. The van der Waals surface area contributed by atoms with Crippen molar-refractivity contribution in [3.05, 3.63) is 60.4 Å². The molecule has 2 bridgehead atoms. The number of ether oxygens (including phenoxy) is 1. The molecule has 2 heterocycles. The molecule has 2 aliphatic heterocycles. The molecule has 0 saturated carbocycles. The number of aliphatic imine (C=N–C) groups is 1. The summed E-state index contributed by atoms with van der Waals surface area (Å²) in [5.41, 5.74) is 5.41. The van der Waals surface area contributed by atoms with Crippen molar-refractivity contribution in [3.8, 4) is 0 Å². The topological polar surface area (TPSA) is 129 Å². The molecule has 41 heavy (non-hydrogen) atoms. The van der Waals surface area contributed by atoms with Crippen molar-refractivity contribution >= 4 is 29.4 Å². The van der Waals surface area contributed by atoms with E-state index in [4.69, 9.17) is 4.74 Å². The average Bonchev–Trinajstić information content (AvgIpc) is 2.93. The van der Waals surface area contributed by atoms with Gasteiger partial charge in [0.15, 0.2) is 0 Å². The molecule has 0 aromatic rings. The molecule has 0 aliphatic carbocycles. The fourth-order valence-electron chi connectivity index (χ4n) is 4.27. The van der Waals surface area contributed by atoms with E-state index in [2.05, 4.69) is 34.2 Å². The molecule has 10 nitrogen and oxygen atoms in total. The van der Waals surface area contributed by atoms with Gasteiger partial charge >= 0.3 is 5.97 Å². The summed E-state index contributed by atoms with van der Waals surface area (Å²) in [7, 11) is 0. The number of rotatable bonds is 3. The molecule has 0 radical (unpaired) electrons. The second kappa shape index (κ2) is 15.3. The van der Waals surface area contributed by atoms with E-state index in [0.717, 1.165) is 5.57 Å². The molecule has 2 rings (SSSR count). The van der Waals surface area contributed by atoms with Crippen LogP contribution in [0.5, 0.6) is 0 Å². The molecule has 224 valence electrons. The molecule has 0 unspecified atom stereocenters. The monoisotopic (exact) mass is 567 g/mol. The zero-order valence-electron chi connectivity index (χ0n) is 25.3. The highest BCUT2D eigenvalue weighted by molar-refractivity contribution is 6.00. The van der Waals surface area contributed by atoms with Gasteiger partial charge in [-0.15, -0.1) is 0 Å². The van der Waals surface area contributed by atoms with Gasteiger partial charge in [0.2, 0.25) is 11.8 Å². The lowest BCUT2D eigenvalue weighted by atomic mass is 10.0. The van der Waals surface area contributed by atoms with Crippen molar-refractivity contribution in [2.75, 3.05) is 6.54 Å². The van der Waals surface area contributed by atoms with E-state index in [-0.39, 0.29) is 11.8 Å². The first-order chi connectivity index (χ1) is 19.3. The standard InChI is InChI=1S/C31H45N5O5/c1-10-23-15-14-20(7)28(37)34-27(19(5)6)29(38)32-21(8)30(39)36-16-12-13-25(35-36)31(40)41-22(9)24(11-2)33-26(17-23)18(3)4/h10-11,14-15,17,19-22,25,27,35H,2-3,12-13,16H2,1,4-9H3,(H,32,38)(H,34,37)/b15-14+,23-10-,26-17+,33-24?/t20-,21+,22-,25+,27+/m1/s1. The van der Waals surface area contributed by atoms with Crippen molar-refractivity contribution in [2.24, 2.45) is 16.8 Å². The maximum atomic E-state index is 13.2. The van der Waals surface area contributed by atoms with E-state index in [1.807, 2.05) is 39.8 Å². The van der Waals surface area contributed by atoms with Crippen LogP contribution < -0.4 is 16.1 Å². The summed E-state index contributed by atoms with van der Waals surface area (Å²) in [6.45, 7) is 20.6. The average molecular weight is 568 g/mol. The van der Waals surface area contributed by atoms with Crippen LogP contribution in [0.2, 0.25) is 0 Å². The number of esters is 1. The molecule has 5 atom stereocenters. The SMILES string of the molecule is C=CC1=N/C(C(=C)C)=C/C(=C\C)/C=C/[C@@H](C)C(=O)N[C@@H](C(C)C)C(=O)N[C@@H](C)C(=O)N2CCC[C@H](N2)C(=O)O[C@@H]1C. The number of hydrogen-bond donors (Lipinski definition) is 3. The smallest absolute Gasteiger partial charge is 0.325 e. The second-order valence-corrected chi connectivity index (χ2v) is 10.8. The summed E-state index contributed by atoms with van der Waals surface area (Å²) in [5.74, 6) is -2.48. The van der Waals surface area contributed by atoms with Gasteiger partial charge in [-0.2, -0.15) is 0 Å². The number of hydrogen-bond acceptors (Lipinski definition) is 7. The molecule has 0 aromatic heterocycles. The third-order valence-corrected chi connectivity index (χ3v) is 6.95. The molecule has 0 aromatic carbocycles. The predicted octanol–water partition coefficient (Wildman–Crippen LogP) is 3.30. The Labute approximate surface area is 243 Å². The van der Waals surface area contributed by atoms with Gasteiger partial charge in [0.1, 0.15) is 24.2 Å². The lowest BCUT2D eigenvalue weighted by Crippen LogP contribution is -2.61. The Hall–Kier alpha value is -3.79. The van der Waals surface area contributed by atoms with Crippen molar-refractivity contribution in [2.45, 2.75) is 85.5 Å². The predicted molar refractivity (Wildman–Crippen MR) is 160 cm³/mol. The van der Waals surface area contributed by atoms with E-state index in [1.165, 1.54) is 11.1 Å². The zero-order chi connectivity index (χ0) is 30.9. The van der Waals surface area contributed by atoms with Crippen LogP contribution in [-0.2, 0) is 23.9 Å². The van der Waals surface area contributed by atoms with E-state index >= 15 is 0 Å². The highest BCUT2D eigenvalue weighted by Gasteiger charge is 2.34. The van der Waals surface area contributed by atoms with Gasteiger partial charge in [0.25, 0.3) is 5.91 Å². The van der Waals surface area contributed by atoms with Crippen LogP contribution in [0.4, 0.5) is 0 Å². The molecule has 3 amide bonds. The minimum atomic E-state index is -0.892. The van der Waals surface area contributed by atoms with E-state index in [1.54, 1.807) is 32.9 Å². The number of nitrogens with one attached hydrogen (secondary N) is 3. The summed E-state index contributed by atoms with van der Waals surface area (Å²) in [5, 5.41) is 6.89. The highest BCUT2D eigenvalue weighted by atomic mass is 16.5. The number of hydrazine groups is 1. The number of carbonyl (C=O) groups is 4. The Morgan fingerprint density at radius 1 is 1.15 bits per heavy atom. The lowest BCUT2D eigenvalue weighted by molar-refractivity contribution is -0.154. The summed E-state index contributed by atoms with van der Waals surface area (Å²) < 4.78 is 5.72. The van der Waals surface area contributed by atoms with Gasteiger partial charge in [-0.3, -0.25) is 24.2 Å². The summed E-state index contributed by atoms with van der Waals surface area (Å²) >= 11 is 0. The van der Waals surface area contributed by atoms with Crippen molar-refractivity contribution in [3.63, 3.8) is 0 Å². The van der Waals surface area contributed by atoms with Crippen molar-refractivity contribution < 1.29 is 23.9 Å². The van der Waals surface area contributed by atoms with Crippen LogP contribution in [0.15, 0.2) is 65.4 Å². The lowest BCUT2D eigenvalue weighted by Gasteiger charge is -2.35.